The third-order valence-electron chi connectivity index (χ3n) is 0.979. The number of nitrogens with one attached hydrogen (secondary N) is 1. The van der Waals surface area contributed by atoms with Gasteiger partial charge in [-0.3, -0.25) is 4.84 Å². The zero-order valence-corrected chi connectivity index (χ0v) is 4.39. The van der Waals surface area contributed by atoms with Gasteiger partial charge in [0, 0.05) is 0 Å². The molecule has 0 aromatic carbocycles. The summed E-state index contributed by atoms with van der Waals surface area (Å²) in [5.74, 6) is 0. The molecular formula is C4H7N2O2. The highest BCUT2D eigenvalue weighted by Gasteiger charge is 2.15. The van der Waals surface area contributed by atoms with Gasteiger partial charge in [0.25, 0.3) is 0 Å². The normalized spacial score (nSPS) is 19.2. The fourth-order valence-corrected chi connectivity index (χ4v) is 0.608. The van der Waals surface area contributed by atoms with E-state index in [2.05, 4.69) is 0 Å². The summed E-state index contributed by atoms with van der Waals surface area (Å²) in [6.45, 7) is 1.15. The molecule has 0 unspecified atom stereocenters. The summed E-state index contributed by atoms with van der Waals surface area (Å²) in [5.41, 5.74) is 6.54. The molecule has 1 N–H and O–H groups in total. The van der Waals surface area contributed by atoms with Crippen molar-refractivity contribution in [2.45, 2.75) is 6.42 Å². The Hall–Kier alpha value is -0.770. The van der Waals surface area contributed by atoms with Crippen molar-refractivity contribution >= 4 is 6.03 Å². The van der Waals surface area contributed by atoms with E-state index < -0.39 is 6.03 Å². The third-order valence-corrected chi connectivity index (χ3v) is 0.979. The number of rotatable bonds is 0. The lowest BCUT2D eigenvalue weighted by molar-refractivity contribution is -0.0637. The average Bonchev–Trinajstić information content (AvgIpc) is 2.12. The van der Waals surface area contributed by atoms with Gasteiger partial charge in [-0.2, -0.15) is 0 Å². The summed E-state index contributed by atoms with van der Waals surface area (Å²) in [5, 5.41) is 1.06. The SMILES string of the molecule is [NH]C(=O)N1CCCO1. The summed E-state index contributed by atoms with van der Waals surface area (Å²) in [7, 11) is 0. The van der Waals surface area contributed by atoms with Gasteiger partial charge in [0.1, 0.15) is 0 Å². The number of carbonyl (C=O) groups is 1. The molecule has 1 saturated heterocycles. The van der Waals surface area contributed by atoms with Crippen molar-refractivity contribution in [1.82, 2.24) is 10.8 Å². The molecule has 1 rings (SSSR count). The molecule has 4 nitrogen and oxygen atoms in total. The Morgan fingerprint density at radius 2 is 2.50 bits per heavy atom. The molecule has 0 saturated carbocycles. The molecule has 2 amide bonds. The molecular weight excluding hydrogens is 108 g/mol. The second-order valence-corrected chi connectivity index (χ2v) is 1.59. The molecule has 1 aliphatic rings. The third kappa shape index (κ3) is 0.894. The lowest BCUT2D eigenvalue weighted by atomic mass is 10.5. The van der Waals surface area contributed by atoms with Crippen molar-refractivity contribution < 1.29 is 9.63 Å². The molecule has 45 valence electrons. The van der Waals surface area contributed by atoms with Gasteiger partial charge in [-0.15, -0.1) is 0 Å². The number of hydrogen-bond donors (Lipinski definition) is 0. The quantitative estimate of drug-likeness (QED) is 0.447. The van der Waals surface area contributed by atoms with Gasteiger partial charge in [0.15, 0.2) is 0 Å². The topological polar surface area (TPSA) is 53.3 Å². The van der Waals surface area contributed by atoms with Crippen molar-refractivity contribution in [3.05, 3.63) is 0 Å². The lowest BCUT2D eigenvalue weighted by Gasteiger charge is -2.06. The van der Waals surface area contributed by atoms with Crippen molar-refractivity contribution in [2.75, 3.05) is 13.2 Å². The van der Waals surface area contributed by atoms with Crippen LogP contribution in [0.1, 0.15) is 6.42 Å². The van der Waals surface area contributed by atoms with Gasteiger partial charge in [0.2, 0.25) is 0 Å². The molecule has 1 radical (unpaired) electrons. The first-order valence-electron chi connectivity index (χ1n) is 2.47. The van der Waals surface area contributed by atoms with Crippen LogP contribution in [-0.2, 0) is 4.84 Å². The van der Waals surface area contributed by atoms with Gasteiger partial charge < -0.3 is 0 Å². The maximum absolute atomic E-state index is 10.1. The van der Waals surface area contributed by atoms with Crippen LogP contribution in [-0.4, -0.2) is 24.2 Å². The van der Waals surface area contributed by atoms with Crippen molar-refractivity contribution in [1.29, 1.82) is 0 Å². The van der Waals surface area contributed by atoms with Crippen LogP contribution < -0.4 is 5.73 Å². The highest BCUT2D eigenvalue weighted by Crippen LogP contribution is 2.02. The van der Waals surface area contributed by atoms with E-state index in [1.165, 1.54) is 0 Å². The zero-order valence-electron chi connectivity index (χ0n) is 4.39. The van der Waals surface area contributed by atoms with E-state index in [0.29, 0.717) is 13.2 Å². The van der Waals surface area contributed by atoms with Crippen LogP contribution in [0.4, 0.5) is 4.79 Å². The molecule has 8 heavy (non-hydrogen) atoms. The first-order chi connectivity index (χ1) is 3.80. The summed E-state index contributed by atoms with van der Waals surface area (Å²) < 4.78 is 0. The largest absolute Gasteiger partial charge is 0.360 e. The van der Waals surface area contributed by atoms with E-state index in [9.17, 15) is 4.79 Å². The van der Waals surface area contributed by atoms with E-state index in [1.54, 1.807) is 0 Å². The average molecular weight is 115 g/mol. The van der Waals surface area contributed by atoms with Crippen LogP contribution in [0.2, 0.25) is 0 Å². The molecule has 0 aromatic heterocycles. The summed E-state index contributed by atoms with van der Waals surface area (Å²) >= 11 is 0. The maximum Gasteiger partial charge on any atom is 0.360 e. The van der Waals surface area contributed by atoms with Crippen molar-refractivity contribution in [3.8, 4) is 0 Å². The molecule has 0 atom stereocenters. The zero-order chi connectivity index (χ0) is 5.98. The van der Waals surface area contributed by atoms with Crippen LogP contribution in [0.25, 0.3) is 0 Å². The second kappa shape index (κ2) is 2.00. The molecule has 0 bridgehead atoms. The first kappa shape index (κ1) is 5.37. The van der Waals surface area contributed by atoms with Gasteiger partial charge >= 0.3 is 6.03 Å². The van der Waals surface area contributed by atoms with Crippen LogP contribution in [0.3, 0.4) is 0 Å². The second-order valence-electron chi connectivity index (χ2n) is 1.59. The summed E-state index contributed by atoms with van der Waals surface area (Å²) in [6.07, 6.45) is 0.852. The Kier molecular flexibility index (Phi) is 1.34. The number of amides is 2. The van der Waals surface area contributed by atoms with E-state index in [-0.39, 0.29) is 0 Å². The number of hydroxylamine groups is 2. The molecule has 1 heterocycles. The Labute approximate surface area is 47.2 Å². The van der Waals surface area contributed by atoms with Crippen LogP contribution >= 0.6 is 0 Å². The predicted octanol–water partition coefficient (Wildman–Crippen LogP) is 0.0266. The number of urea groups is 1. The van der Waals surface area contributed by atoms with Crippen LogP contribution in [0.15, 0.2) is 0 Å². The highest BCUT2D eigenvalue weighted by molar-refractivity contribution is 5.69. The minimum Gasteiger partial charge on any atom is -0.269 e. The van der Waals surface area contributed by atoms with E-state index in [4.69, 9.17) is 10.6 Å². The fourth-order valence-electron chi connectivity index (χ4n) is 0.608. The van der Waals surface area contributed by atoms with Gasteiger partial charge in [-0.1, -0.05) is 0 Å². The Balaban J connectivity index is 2.35. The standard InChI is InChI=1S/C4H7N2O2/c5-4(7)6-2-1-3-8-6/h5H,1-3H2. The fraction of sp³-hybridized carbons (Fsp3) is 0.750. The minimum atomic E-state index is -0.748. The van der Waals surface area contributed by atoms with Gasteiger partial charge in [-0.25, -0.2) is 15.6 Å². The Bertz CT molecular complexity index is 98.2. The minimum absolute atomic E-state index is 0.572. The van der Waals surface area contributed by atoms with Crippen LogP contribution in [0.5, 0.6) is 0 Å². The van der Waals surface area contributed by atoms with Gasteiger partial charge in [0.05, 0.1) is 13.2 Å². The molecule has 1 aliphatic heterocycles. The van der Waals surface area contributed by atoms with E-state index in [0.717, 1.165) is 11.5 Å². The number of carbonyl (C=O) groups excluding carboxylic acids is 1. The van der Waals surface area contributed by atoms with Crippen molar-refractivity contribution in [3.63, 3.8) is 0 Å². The summed E-state index contributed by atoms with van der Waals surface area (Å²) in [6, 6.07) is -0.748. The Morgan fingerprint density at radius 1 is 1.75 bits per heavy atom. The number of nitrogens with zero attached hydrogens (tertiary/aromatic N) is 1. The van der Waals surface area contributed by atoms with E-state index in [1.807, 2.05) is 0 Å². The first-order valence-corrected chi connectivity index (χ1v) is 2.47. The highest BCUT2D eigenvalue weighted by atomic mass is 16.7. The van der Waals surface area contributed by atoms with Gasteiger partial charge in [-0.05, 0) is 6.42 Å². The molecule has 0 aromatic rings. The molecule has 0 spiro atoms. The Morgan fingerprint density at radius 3 is 2.75 bits per heavy atom. The number of hydrogen-bond acceptors (Lipinski definition) is 2. The summed E-state index contributed by atoms with van der Waals surface area (Å²) in [4.78, 5) is 14.8. The lowest BCUT2D eigenvalue weighted by Crippen LogP contribution is -2.25. The smallest absolute Gasteiger partial charge is 0.269 e. The van der Waals surface area contributed by atoms with Crippen LogP contribution in [0, 0.1) is 0 Å². The monoisotopic (exact) mass is 115 g/mol. The predicted molar refractivity (Wildman–Crippen MR) is 25.8 cm³/mol. The van der Waals surface area contributed by atoms with Crippen molar-refractivity contribution in [2.24, 2.45) is 0 Å². The molecule has 1 fully saturated rings. The molecule has 4 heteroatoms. The maximum atomic E-state index is 10.1. The van der Waals surface area contributed by atoms with E-state index >= 15 is 0 Å². The molecule has 0 aliphatic carbocycles.